The number of likely N-dealkylation sites (tertiary alicyclic amines) is 1. The van der Waals surface area contributed by atoms with Gasteiger partial charge >= 0.3 is 5.97 Å². The Morgan fingerprint density at radius 2 is 0.693 bits per heavy atom. The molecular weight excluding hydrogens is 1160 g/mol. The molecule has 2 rings (SSSR count). The lowest BCUT2D eigenvalue weighted by molar-refractivity contribution is -0.149. The van der Waals surface area contributed by atoms with Crippen LogP contribution in [0.2, 0.25) is 0 Å². The van der Waals surface area contributed by atoms with Gasteiger partial charge < -0.3 is 131 Å². The number of nitrogens with one attached hydrogen (secondary N) is 9. The number of aliphatic hydroxyl groups excluding tert-OH is 3. The molecule has 39 nitrogen and oxygen atoms in total. The van der Waals surface area contributed by atoms with Crippen molar-refractivity contribution in [1.82, 2.24) is 52.8 Å². The summed E-state index contributed by atoms with van der Waals surface area (Å²) in [5, 5.41) is 63.0. The number of carboxylic acids is 1. The summed E-state index contributed by atoms with van der Waals surface area (Å²) >= 11 is 0. The number of carbonyl (C=O) groups is 10. The molecule has 0 spiro atoms. The highest BCUT2D eigenvalue weighted by molar-refractivity contribution is 5.99. The third-order valence-electron chi connectivity index (χ3n) is 13.5. The van der Waals surface area contributed by atoms with Crippen LogP contribution in [0, 0.1) is 0 Å². The molecule has 9 amide bonds. The van der Waals surface area contributed by atoms with Crippen LogP contribution in [-0.4, -0.2) is 240 Å². The molecule has 0 radical (unpaired) electrons. The molecule has 0 saturated carbocycles. The van der Waals surface area contributed by atoms with Crippen molar-refractivity contribution in [3.8, 4) is 0 Å². The van der Waals surface area contributed by atoms with Crippen molar-refractivity contribution in [3.05, 3.63) is 0 Å². The van der Waals surface area contributed by atoms with Gasteiger partial charge in [0.1, 0.15) is 54.4 Å². The number of aliphatic imine (C=N–C) groups is 5. The third kappa shape index (κ3) is 28.4. The van der Waals surface area contributed by atoms with Crippen molar-refractivity contribution < 1.29 is 68.4 Å². The summed E-state index contributed by atoms with van der Waals surface area (Å²) in [5.74, 6) is -11.3. The molecular formula is C49H91N25O14. The second kappa shape index (κ2) is 40.3. The van der Waals surface area contributed by atoms with E-state index in [2.05, 4.69) is 72.8 Å². The summed E-state index contributed by atoms with van der Waals surface area (Å²) in [6.07, 6.45) is 1.59. The maximum absolute atomic E-state index is 14.4. The maximum atomic E-state index is 14.4. The number of aliphatic hydroxyl groups is 3. The van der Waals surface area contributed by atoms with Gasteiger partial charge in [0.15, 0.2) is 29.8 Å². The van der Waals surface area contributed by atoms with Gasteiger partial charge in [0.05, 0.1) is 25.9 Å². The molecule has 2 saturated heterocycles. The van der Waals surface area contributed by atoms with E-state index in [1.807, 2.05) is 0 Å². The minimum absolute atomic E-state index is 0.00150. The van der Waals surface area contributed by atoms with Gasteiger partial charge in [0.2, 0.25) is 53.2 Å². The Hall–Kier alpha value is -9.11. The Labute approximate surface area is 507 Å². The second-order valence-electron chi connectivity index (χ2n) is 20.5. The number of aliphatic carboxylic acids is 1. The highest BCUT2D eigenvalue weighted by Gasteiger charge is 2.39. The van der Waals surface area contributed by atoms with Crippen molar-refractivity contribution in [1.29, 1.82) is 0 Å². The predicted octanol–water partition coefficient (Wildman–Crippen LogP) is -12.1. The fourth-order valence-electron chi connectivity index (χ4n) is 9.01. The van der Waals surface area contributed by atoms with Crippen LogP contribution in [0.4, 0.5) is 0 Å². The molecule has 0 aromatic rings. The average Bonchev–Trinajstić information content (AvgIpc) is 3.29. The van der Waals surface area contributed by atoms with Crippen LogP contribution in [0.25, 0.3) is 0 Å². The first-order chi connectivity index (χ1) is 41.7. The van der Waals surface area contributed by atoms with E-state index in [9.17, 15) is 68.4 Å². The van der Waals surface area contributed by atoms with Gasteiger partial charge in [0.25, 0.3) is 0 Å². The quantitative estimate of drug-likeness (QED) is 0.0154. The molecule has 2 fully saturated rings. The van der Waals surface area contributed by atoms with Gasteiger partial charge in [-0.15, -0.1) is 0 Å². The van der Waals surface area contributed by atoms with Gasteiger partial charge in [-0.3, -0.25) is 68.1 Å². The second-order valence-corrected chi connectivity index (χ2v) is 20.5. The van der Waals surface area contributed by atoms with Crippen molar-refractivity contribution >= 4 is 88.9 Å². The SMILES string of the molecule is NC(N)=NCCC[C@H](NC(=O)[C@@H]1CCCN1)C(=O)N[C@@H](CCCN=C(N)N)C(=O)N[C@@H](CCCN=C(N)N)C(=O)N[C@@H](CCCN=C(N)N)C(=O)N[C@@H](CO)C(=O)N[C@@H](CO)C(=O)N[C@@H](CO)C(=O)N[C@@H](CCCN=C(N)N)C(=O)N1CCC[C@H]1C(=O)O. The van der Waals surface area contributed by atoms with E-state index in [4.69, 9.17) is 57.3 Å². The van der Waals surface area contributed by atoms with E-state index in [-0.39, 0.29) is 140 Å². The van der Waals surface area contributed by atoms with Gasteiger partial charge in [-0.25, -0.2) is 4.79 Å². The molecule has 0 bridgehead atoms. The summed E-state index contributed by atoms with van der Waals surface area (Å²) in [5.41, 5.74) is 54.8. The molecule has 2 aliphatic rings. The highest BCUT2D eigenvalue weighted by atomic mass is 16.4. The van der Waals surface area contributed by atoms with Crippen LogP contribution in [0.3, 0.4) is 0 Å². The summed E-state index contributed by atoms with van der Waals surface area (Å²) in [4.78, 5) is 157. The molecule has 496 valence electrons. The Morgan fingerprint density at radius 1 is 0.409 bits per heavy atom. The van der Waals surface area contributed by atoms with E-state index in [0.717, 1.165) is 11.3 Å². The number of nitrogens with zero attached hydrogens (tertiary/aromatic N) is 6. The van der Waals surface area contributed by atoms with E-state index in [1.165, 1.54) is 0 Å². The Balaban J connectivity index is 2.42. The molecule has 39 heteroatoms. The number of carboxylic acid groups (broad SMARTS) is 1. The zero-order valence-electron chi connectivity index (χ0n) is 49.1. The summed E-state index contributed by atoms with van der Waals surface area (Å²) in [7, 11) is 0. The van der Waals surface area contributed by atoms with Crippen molar-refractivity contribution in [2.45, 2.75) is 150 Å². The van der Waals surface area contributed by atoms with E-state index < -0.39 is 139 Å². The lowest BCUT2D eigenvalue weighted by Crippen LogP contribution is -2.62. The number of nitrogens with two attached hydrogens (primary N) is 10. The van der Waals surface area contributed by atoms with Crippen molar-refractivity contribution in [2.24, 2.45) is 82.3 Å². The smallest absolute Gasteiger partial charge is 0.326 e. The summed E-state index contributed by atoms with van der Waals surface area (Å²) < 4.78 is 0. The number of guanidine groups is 5. The third-order valence-corrected chi connectivity index (χ3v) is 13.5. The standard InChI is InChI=1S/C49H91N25O14/c50-45(51)61-16-2-9-26(66-35(78)25-8-1-15-60-25)36(79)67-27(10-3-17-62-46(52)53)37(80)68-28(11-4-18-63-47(54)55)38(81)69-29(12-5-19-64-48(56)57)39(82)71-32(23-76)41(84)73-33(24-77)42(85)72-31(22-75)40(83)70-30(13-6-20-65-49(58)59)43(86)74-21-7-14-34(74)44(87)88/h25-34,60,75-77H,1-24H2,(H,66,78)(H,67,79)(H,68,80)(H,69,81)(H,70,83)(H,71,82)(H,72,85)(H,73,84)(H,87,88)(H4,50,51,61)(H4,52,53,62)(H4,54,55,63)(H4,56,57,64)(H4,58,59,65)/t25-,26-,27-,28-,29-,30-,31-,32-,33-,34-/m0/s1. The first kappa shape index (κ1) is 75.0. The van der Waals surface area contributed by atoms with Crippen LogP contribution < -0.4 is 105 Å². The number of amides is 9. The number of hydrogen-bond acceptors (Lipinski definition) is 19. The minimum atomic E-state index is -1.92. The average molecular weight is 1250 g/mol. The number of hydrogen-bond donors (Lipinski definition) is 23. The van der Waals surface area contributed by atoms with Crippen LogP contribution in [0.15, 0.2) is 25.0 Å². The number of rotatable bonds is 41. The normalized spacial score (nSPS) is 17.0. The van der Waals surface area contributed by atoms with Crippen LogP contribution in [0.5, 0.6) is 0 Å². The van der Waals surface area contributed by atoms with Crippen LogP contribution in [0.1, 0.15) is 89.9 Å². The molecule has 0 aliphatic carbocycles. The van der Waals surface area contributed by atoms with Gasteiger partial charge in [-0.2, -0.15) is 0 Å². The molecule has 2 heterocycles. The molecule has 2 aliphatic heterocycles. The fraction of sp³-hybridized carbons (Fsp3) is 0.694. The van der Waals surface area contributed by atoms with Gasteiger partial charge in [0, 0.05) is 39.3 Å². The monoisotopic (exact) mass is 1250 g/mol. The number of carbonyl (C=O) groups excluding carboxylic acids is 9. The first-order valence-electron chi connectivity index (χ1n) is 28.5. The van der Waals surface area contributed by atoms with Crippen molar-refractivity contribution in [3.63, 3.8) is 0 Å². The Kier molecular flexibility index (Phi) is 34.3. The van der Waals surface area contributed by atoms with Crippen molar-refractivity contribution in [2.75, 3.05) is 65.6 Å². The molecule has 0 aromatic carbocycles. The molecule has 33 N–H and O–H groups in total. The maximum Gasteiger partial charge on any atom is 0.326 e. The Bertz CT molecular complexity index is 2480. The summed E-state index contributed by atoms with van der Waals surface area (Å²) in [6, 6.07) is -14.5. The fourth-order valence-corrected chi connectivity index (χ4v) is 9.01. The van der Waals surface area contributed by atoms with E-state index >= 15 is 0 Å². The lowest BCUT2D eigenvalue weighted by atomic mass is 10.0. The van der Waals surface area contributed by atoms with Gasteiger partial charge in [-0.1, -0.05) is 0 Å². The predicted molar refractivity (Wildman–Crippen MR) is 320 cm³/mol. The summed E-state index contributed by atoms with van der Waals surface area (Å²) in [6.45, 7) is -2.76. The lowest BCUT2D eigenvalue weighted by Gasteiger charge is -2.29. The topological polar surface area (TPSA) is 685 Å². The minimum Gasteiger partial charge on any atom is -0.480 e. The van der Waals surface area contributed by atoms with Crippen LogP contribution >= 0.6 is 0 Å². The molecule has 0 unspecified atom stereocenters. The first-order valence-corrected chi connectivity index (χ1v) is 28.5. The van der Waals surface area contributed by atoms with Crippen LogP contribution in [-0.2, 0) is 47.9 Å². The molecule has 10 atom stereocenters. The highest BCUT2D eigenvalue weighted by Crippen LogP contribution is 2.20. The van der Waals surface area contributed by atoms with Gasteiger partial charge in [-0.05, 0) is 96.4 Å². The molecule has 0 aromatic heterocycles. The largest absolute Gasteiger partial charge is 0.480 e. The van der Waals surface area contributed by atoms with E-state index in [0.29, 0.717) is 19.4 Å². The molecule has 88 heavy (non-hydrogen) atoms. The van der Waals surface area contributed by atoms with E-state index in [1.54, 1.807) is 0 Å². The zero-order chi connectivity index (χ0) is 65.9. The zero-order valence-corrected chi connectivity index (χ0v) is 49.1. The Morgan fingerprint density at radius 3 is 0.977 bits per heavy atom.